The van der Waals surface area contributed by atoms with E-state index in [4.69, 9.17) is 10.5 Å². The van der Waals surface area contributed by atoms with Gasteiger partial charge in [0, 0.05) is 6.54 Å². The van der Waals surface area contributed by atoms with Crippen LogP contribution in [0, 0.1) is 0 Å². The van der Waals surface area contributed by atoms with Crippen LogP contribution >= 0.6 is 0 Å². The number of nitrogens with two attached hydrogens (primary N) is 1. The van der Waals surface area contributed by atoms with Gasteiger partial charge in [-0.3, -0.25) is 0 Å². The van der Waals surface area contributed by atoms with Gasteiger partial charge in [-0.2, -0.15) is 0 Å². The first-order valence-electron chi connectivity index (χ1n) is 3.80. The summed E-state index contributed by atoms with van der Waals surface area (Å²) in [6.07, 6.45) is -0.597. The largest absolute Gasteiger partial charge is 0.497 e. The third-order valence-electron chi connectivity index (χ3n) is 1.70. The maximum absolute atomic E-state index is 9.37. The molecule has 3 nitrogen and oxygen atoms in total. The fourth-order valence-corrected chi connectivity index (χ4v) is 0.985. The maximum Gasteiger partial charge on any atom is 0.119 e. The van der Waals surface area contributed by atoms with Crippen molar-refractivity contribution < 1.29 is 9.84 Å². The molecule has 0 unspecified atom stereocenters. The lowest BCUT2D eigenvalue weighted by Gasteiger charge is -2.08. The first-order valence-corrected chi connectivity index (χ1v) is 3.80. The molecule has 0 aromatic heterocycles. The highest BCUT2D eigenvalue weighted by Gasteiger charge is 2.04. The Labute approximate surface area is 71.8 Å². The standard InChI is InChI=1S/C9H13NO2/c1-12-8-4-2-3-7(5-8)9(11)6-10/h2-5,9,11H,6,10H2,1H3/t9-/m0/s1. The van der Waals surface area contributed by atoms with Crippen molar-refractivity contribution in [2.75, 3.05) is 13.7 Å². The van der Waals surface area contributed by atoms with Gasteiger partial charge in [-0.1, -0.05) is 12.1 Å². The van der Waals surface area contributed by atoms with E-state index in [2.05, 4.69) is 0 Å². The lowest BCUT2D eigenvalue weighted by atomic mass is 10.1. The Balaban J connectivity index is 2.86. The van der Waals surface area contributed by atoms with E-state index in [0.717, 1.165) is 11.3 Å². The van der Waals surface area contributed by atoms with Gasteiger partial charge in [-0.15, -0.1) is 0 Å². The Morgan fingerprint density at radius 3 is 2.92 bits per heavy atom. The van der Waals surface area contributed by atoms with Crippen LogP contribution in [0.2, 0.25) is 0 Å². The van der Waals surface area contributed by atoms with Crippen molar-refractivity contribution in [1.82, 2.24) is 0 Å². The molecule has 0 aliphatic heterocycles. The number of aliphatic hydroxyl groups is 1. The molecule has 1 aromatic rings. The Morgan fingerprint density at radius 1 is 1.58 bits per heavy atom. The zero-order valence-electron chi connectivity index (χ0n) is 7.03. The molecular weight excluding hydrogens is 154 g/mol. The van der Waals surface area contributed by atoms with Crippen molar-refractivity contribution in [1.29, 1.82) is 0 Å². The third kappa shape index (κ3) is 1.96. The van der Waals surface area contributed by atoms with Crippen molar-refractivity contribution >= 4 is 0 Å². The molecule has 0 bridgehead atoms. The van der Waals surface area contributed by atoms with E-state index >= 15 is 0 Å². The summed E-state index contributed by atoms with van der Waals surface area (Å²) in [5.41, 5.74) is 6.09. The van der Waals surface area contributed by atoms with Crippen molar-refractivity contribution in [3.63, 3.8) is 0 Å². The van der Waals surface area contributed by atoms with E-state index in [1.165, 1.54) is 0 Å². The van der Waals surface area contributed by atoms with Crippen molar-refractivity contribution in [3.05, 3.63) is 29.8 Å². The van der Waals surface area contributed by atoms with E-state index in [-0.39, 0.29) is 6.54 Å². The summed E-state index contributed by atoms with van der Waals surface area (Å²) in [5, 5.41) is 9.37. The highest BCUT2D eigenvalue weighted by molar-refractivity contribution is 5.29. The number of hydrogen-bond donors (Lipinski definition) is 2. The van der Waals surface area contributed by atoms with Gasteiger partial charge in [0.1, 0.15) is 5.75 Å². The quantitative estimate of drug-likeness (QED) is 0.696. The van der Waals surface area contributed by atoms with Gasteiger partial charge in [0.05, 0.1) is 13.2 Å². The summed E-state index contributed by atoms with van der Waals surface area (Å²) in [4.78, 5) is 0. The van der Waals surface area contributed by atoms with E-state index in [9.17, 15) is 5.11 Å². The summed E-state index contributed by atoms with van der Waals surface area (Å²) in [6.45, 7) is 0.229. The number of rotatable bonds is 3. The highest BCUT2D eigenvalue weighted by Crippen LogP contribution is 2.17. The van der Waals surface area contributed by atoms with E-state index in [0.29, 0.717) is 0 Å². The first kappa shape index (κ1) is 9.03. The third-order valence-corrected chi connectivity index (χ3v) is 1.70. The summed E-state index contributed by atoms with van der Waals surface area (Å²) < 4.78 is 5.00. The second-order valence-corrected chi connectivity index (χ2v) is 2.53. The maximum atomic E-state index is 9.37. The molecule has 0 heterocycles. The Morgan fingerprint density at radius 2 is 2.33 bits per heavy atom. The molecule has 12 heavy (non-hydrogen) atoms. The zero-order chi connectivity index (χ0) is 8.97. The second kappa shape index (κ2) is 4.09. The highest BCUT2D eigenvalue weighted by atomic mass is 16.5. The van der Waals surface area contributed by atoms with Crippen LogP contribution < -0.4 is 10.5 Å². The molecule has 1 rings (SSSR count). The van der Waals surface area contributed by atoms with Gasteiger partial charge in [0.25, 0.3) is 0 Å². The summed E-state index contributed by atoms with van der Waals surface area (Å²) >= 11 is 0. The van der Waals surface area contributed by atoms with Gasteiger partial charge in [-0.25, -0.2) is 0 Å². The van der Waals surface area contributed by atoms with E-state index in [1.807, 2.05) is 18.2 Å². The minimum atomic E-state index is -0.597. The number of methoxy groups -OCH3 is 1. The predicted molar refractivity (Wildman–Crippen MR) is 47.0 cm³/mol. The molecule has 1 aromatic carbocycles. The number of ether oxygens (including phenoxy) is 1. The van der Waals surface area contributed by atoms with Crippen LogP contribution in [0.4, 0.5) is 0 Å². The normalized spacial score (nSPS) is 12.6. The monoisotopic (exact) mass is 167 g/mol. The van der Waals surface area contributed by atoms with Gasteiger partial charge in [-0.05, 0) is 17.7 Å². The molecule has 0 spiro atoms. The molecule has 0 saturated carbocycles. The minimum Gasteiger partial charge on any atom is -0.497 e. The van der Waals surface area contributed by atoms with Crippen molar-refractivity contribution in [3.8, 4) is 5.75 Å². The van der Waals surface area contributed by atoms with Gasteiger partial charge >= 0.3 is 0 Å². The van der Waals surface area contributed by atoms with Crippen molar-refractivity contribution in [2.24, 2.45) is 5.73 Å². The first-order chi connectivity index (χ1) is 5.77. The van der Waals surface area contributed by atoms with Crippen LogP contribution in [-0.2, 0) is 0 Å². The Kier molecular flexibility index (Phi) is 3.08. The lowest BCUT2D eigenvalue weighted by Crippen LogP contribution is -2.11. The molecule has 1 atom stereocenters. The van der Waals surface area contributed by atoms with Crippen molar-refractivity contribution in [2.45, 2.75) is 6.10 Å². The summed E-state index contributed by atoms with van der Waals surface area (Å²) in [6, 6.07) is 7.25. The topological polar surface area (TPSA) is 55.5 Å². The Bertz CT molecular complexity index is 250. The average Bonchev–Trinajstić information content (AvgIpc) is 2.17. The fraction of sp³-hybridized carbons (Fsp3) is 0.333. The molecule has 3 heteroatoms. The predicted octanol–water partition coefficient (Wildman–Crippen LogP) is 0.687. The minimum absolute atomic E-state index is 0.229. The molecule has 0 fully saturated rings. The molecule has 0 aliphatic carbocycles. The molecule has 0 aliphatic rings. The number of aliphatic hydroxyl groups excluding tert-OH is 1. The van der Waals surface area contributed by atoms with Crippen LogP contribution in [0.15, 0.2) is 24.3 Å². The summed E-state index contributed by atoms with van der Waals surface area (Å²) in [5.74, 6) is 0.736. The molecule has 0 radical (unpaired) electrons. The van der Waals surface area contributed by atoms with Gasteiger partial charge in [0.15, 0.2) is 0 Å². The molecule has 3 N–H and O–H groups in total. The number of benzene rings is 1. The Hall–Kier alpha value is -1.06. The molecule has 0 saturated heterocycles. The van der Waals surface area contributed by atoms with E-state index in [1.54, 1.807) is 13.2 Å². The van der Waals surface area contributed by atoms with Gasteiger partial charge < -0.3 is 15.6 Å². The van der Waals surface area contributed by atoms with Crippen LogP contribution in [0.25, 0.3) is 0 Å². The molecular formula is C9H13NO2. The zero-order valence-corrected chi connectivity index (χ0v) is 7.03. The molecule has 0 amide bonds. The lowest BCUT2D eigenvalue weighted by molar-refractivity contribution is 0.186. The summed E-state index contributed by atoms with van der Waals surface area (Å²) in [7, 11) is 1.59. The molecule has 66 valence electrons. The smallest absolute Gasteiger partial charge is 0.119 e. The SMILES string of the molecule is COc1cccc([C@@H](O)CN)c1. The fourth-order valence-electron chi connectivity index (χ4n) is 0.985. The van der Waals surface area contributed by atoms with Crippen LogP contribution in [-0.4, -0.2) is 18.8 Å². The number of hydrogen-bond acceptors (Lipinski definition) is 3. The van der Waals surface area contributed by atoms with Gasteiger partial charge in [0.2, 0.25) is 0 Å². The second-order valence-electron chi connectivity index (χ2n) is 2.53. The van der Waals surface area contributed by atoms with Crippen LogP contribution in [0.5, 0.6) is 5.75 Å². The van der Waals surface area contributed by atoms with Crippen LogP contribution in [0.1, 0.15) is 11.7 Å². The van der Waals surface area contributed by atoms with E-state index < -0.39 is 6.10 Å². The van der Waals surface area contributed by atoms with Crippen LogP contribution in [0.3, 0.4) is 0 Å². The average molecular weight is 167 g/mol.